The molecular formula is C8H13N3O5S. The van der Waals surface area contributed by atoms with Crippen molar-refractivity contribution in [2.24, 2.45) is 0 Å². The van der Waals surface area contributed by atoms with Crippen molar-refractivity contribution in [2.45, 2.75) is 19.9 Å². The van der Waals surface area contributed by atoms with E-state index in [0.717, 1.165) is 6.26 Å². The number of aryl methyl sites for hydroxylation is 1. The van der Waals surface area contributed by atoms with Gasteiger partial charge in [-0.15, -0.1) is 0 Å². The van der Waals surface area contributed by atoms with Gasteiger partial charge in [-0.05, 0) is 13.8 Å². The van der Waals surface area contributed by atoms with E-state index in [2.05, 4.69) is 9.28 Å². The van der Waals surface area contributed by atoms with E-state index in [0.29, 0.717) is 0 Å². The highest BCUT2D eigenvalue weighted by Crippen LogP contribution is 2.18. The Morgan fingerprint density at radius 3 is 2.65 bits per heavy atom. The summed E-state index contributed by atoms with van der Waals surface area (Å²) in [5, 5.41) is 14.5. The molecule has 17 heavy (non-hydrogen) atoms. The van der Waals surface area contributed by atoms with Crippen molar-refractivity contribution >= 4 is 15.8 Å². The third-order valence-electron chi connectivity index (χ3n) is 2.06. The lowest BCUT2D eigenvalue weighted by Gasteiger charge is -2.10. The lowest BCUT2D eigenvalue weighted by atomic mass is 10.4. The van der Waals surface area contributed by atoms with Crippen LogP contribution in [0.2, 0.25) is 0 Å². The summed E-state index contributed by atoms with van der Waals surface area (Å²) >= 11 is 0. The van der Waals surface area contributed by atoms with Gasteiger partial charge in [-0.25, -0.2) is 0 Å². The molecule has 0 spiro atoms. The first kappa shape index (κ1) is 13.6. The Morgan fingerprint density at radius 2 is 2.24 bits per heavy atom. The summed E-state index contributed by atoms with van der Waals surface area (Å²) in [6.07, 6.45) is 2.20. The maximum absolute atomic E-state index is 10.8. The molecule has 1 atom stereocenters. The van der Waals surface area contributed by atoms with Crippen LogP contribution in [-0.4, -0.2) is 36.0 Å². The molecule has 0 aliphatic rings. The van der Waals surface area contributed by atoms with E-state index < -0.39 is 21.1 Å². The van der Waals surface area contributed by atoms with Crippen molar-refractivity contribution in [1.29, 1.82) is 0 Å². The summed E-state index contributed by atoms with van der Waals surface area (Å²) in [6, 6.07) is -0.405. The van der Waals surface area contributed by atoms with Crippen LogP contribution in [0, 0.1) is 17.0 Å². The smallest absolute Gasteiger partial charge is 0.268 e. The van der Waals surface area contributed by atoms with Crippen LogP contribution in [0.3, 0.4) is 0 Å². The number of hydrogen-bond donors (Lipinski definition) is 0. The molecule has 0 saturated carbocycles. The third-order valence-corrected chi connectivity index (χ3v) is 2.63. The Morgan fingerprint density at radius 1 is 1.65 bits per heavy atom. The number of rotatable bonds is 5. The molecule has 0 radical (unpaired) electrons. The molecule has 1 heterocycles. The second-order valence-corrected chi connectivity index (χ2v) is 5.32. The van der Waals surface area contributed by atoms with Gasteiger partial charge in [0, 0.05) is 0 Å². The Balaban J connectivity index is 2.80. The first-order valence-electron chi connectivity index (χ1n) is 4.75. The van der Waals surface area contributed by atoms with Gasteiger partial charge in [0.2, 0.25) is 0 Å². The van der Waals surface area contributed by atoms with E-state index in [1.165, 1.54) is 17.8 Å². The summed E-state index contributed by atoms with van der Waals surface area (Å²) in [7, 11) is -3.52. The van der Waals surface area contributed by atoms with Gasteiger partial charge in [0.25, 0.3) is 10.1 Å². The molecule has 0 N–H and O–H groups in total. The molecule has 1 aromatic heterocycles. The topological polar surface area (TPSA) is 104 Å². The fourth-order valence-corrected chi connectivity index (χ4v) is 1.62. The van der Waals surface area contributed by atoms with Gasteiger partial charge >= 0.3 is 5.69 Å². The maximum atomic E-state index is 10.8. The van der Waals surface area contributed by atoms with Crippen molar-refractivity contribution in [1.82, 2.24) is 9.78 Å². The first-order chi connectivity index (χ1) is 7.70. The van der Waals surface area contributed by atoms with E-state index in [-0.39, 0.29) is 18.0 Å². The van der Waals surface area contributed by atoms with Crippen molar-refractivity contribution in [2.75, 3.05) is 12.9 Å². The lowest BCUT2D eigenvalue weighted by molar-refractivity contribution is -0.385. The molecule has 0 fully saturated rings. The largest absolute Gasteiger partial charge is 0.309 e. The van der Waals surface area contributed by atoms with Crippen LogP contribution in [0.15, 0.2) is 6.20 Å². The van der Waals surface area contributed by atoms with Crippen molar-refractivity contribution in [3.63, 3.8) is 0 Å². The SMILES string of the molecule is Cc1nn(C(C)COS(C)(=O)=O)cc1[N+](=O)[O-]. The monoisotopic (exact) mass is 263 g/mol. The van der Waals surface area contributed by atoms with Gasteiger partial charge in [0.1, 0.15) is 11.9 Å². The van der Waals surface area contributed by atoms with E-state index >= 15 is 0 Å². The fraction of sp³-hybridized carbons (Fsp3) is 0.625. The molecule has 0 amide bonds. The van der Waals surface area contributed by atoms with E-state index in [1.807, 2.05) is 0 Å². The first-order valence-corrected chi connectivity index (χ1v) is 6.57. The molecule has 0 aliphatic carbocycles. The highest BCUT2D eigenvalue weighted by atomic mass is 32.2. The van der Waals surface area contributed by atoms with Crippen molar-refractivity contribution in [3.8, 4) is 0 Å². The molecule has 0 aliphatic heterocycles. The van der Waals surface area contributed by atoms with Gasteiger partial charge in [-0.3, -0.25) is 19.0 Å². The molecule has 0 aromatic carbocycles. The van der Waals surface area contributed by atoms with Crippen LogP contribution >= 0.6 is 0 Å². The molecule has 0 saturated heterocycles. The molecule has 9 heteroatoms. The molecule has 1 unspecified atom stereocenters. The summed E-state index contributed by atoms with van der Waals surface area (Å²) < 4.78 is 27.5. The zero-order valence-corrected chi connectivity index (χ0v) is 10.5. The molecule has 1 aromatic rings. The standard InChI is InChI=1S/C8H13N3O5S/c1-6(5-16-17(3,14)15)10-4-8(11(12)13)7(2)9-10/h4,6H,5H2,1-3H3. The lowest BCUT2D eigenvalue weighted by Crippen LogP contribution is -2.15. The molecular weight excluding hydrogens is 250 g/mol. The third kappa shape index (κ3) is 3.79. The van der Waals surface area contributed by atoms with Crippen LogP contribution in [0.25, 0.3) is 0 Å². The zero-order chi connectivity index (χ0) is 13.2. The average molecular weight is 263 g/mol. The molecule has 0 bridgehead atoms. The summed E-state index contributed by atoms with van der Waals surface area (Å²) in [5.74, 6) is 0. The minimum atomic E-state index is -3.52. The quantitative estimate of drug-likeness (QED) is 0.438. The Bertz CT molecular complexity index is 521. The van der Waals surface area contributed by atoms with Gasteiger partial charge in [-0.1, -0.05) is 0 Å². The summed E-state index contributed by atoms with van der Waals surface area (Å²) in [6.45, 7) is 3.05. The number of aromatic nitrogens is 2. The predicted molar refractivity (Wildman–Crippen MR) is 59.1 cm³/mol. The summed E-state index contributed by atoms with van der Waals surface area (Å²) in [4.78, 5) is 10.1. The van der Waals surface area contributed by atoms with Gasteiger partial charge in [-0.2, -0.15) is 13.5 Å². The molecule has 1 rings (SSSR count). The van der Waals surface area contributed by atoms with Crippen LogP contribution in [-0.2, 0) is 14.3 Å². The van der Waals surface area contributed by atoms with Crippen LogP contribution < -0.4 is 0 Å². The number of nitro groups is 1. The average Bonchev–Trinajstić information content (AvgIpc) is 2.55. The van der Waals surface area contributed by atoms with Gasteiger partial charge in [0.05, 0.1) is 23.8 Å². The maximum Gasteiger partial charge on any atom is 0.309 e. The second-order valence-electron chi connectivity index (χ2n) is 3.67. The van der Waals surface area contributed by atoms with Crippen molar-refractivity contribution < 1.29 is 17.5 Å². The van der Waals surface area contributed by atoms with E-state index in [4.69, 9.17) is 0 Å². The van der Waals surface area contributed by atoms with E-state index in [1.54, 1.807) is 6.92 Å². The summed E-state index contributed by atoms with van der Waals surface area (Å²) in [5.41, 5.74) is 0.178. The Hall–Kier alpha value is -1.48. The van der Waals surface area contributed by atoms with Crippen LogP contribution in [0.4, 0.5) is 5.69 Å². The minimum absolute atomic E-state index is 0.101. The second kappa shape index (κ2) is 4.80. The molecule has 96 valence electrons. The predicted octanol–water partition coefficient (Wildman–Crippen LogP) is 0.637. The number of nitrogens with zero attached hydrogens (tertiary/aromatic N) is 3. The van der Waals surface area contributed by atoms with Crippen LogP contribution in [0.5, 0.6) is 0 Å². The highest BCUT2D eigenvalue weighted by Gasteiger charge is 2.18. The Kier molecular flexibility index (Phi) is 3.83. The van der Waals surface area contributed by atoms with Crippen molar-refractivity contribution in [3.05, 3.63) is 22.0 Å². The zero-order valence-electron chi connectivity index (χ0n) is 9.65. The Labute approximate surface area is 98.5 Å². The number of hydrogen-bond acceptors (Lipinski definition) is 6. The minimum Gasteiger partial charge on any atom is -0.268 e. The van der Waals surface area contributed by atoms with Gasteiger partial charge in [0.15, 0.2) is 0 Å². The molecule has 8 nitrogen and oxygen atoms in total. The van der Waals surface area contributed by atoms with E-state index in [9.17, 15) is 18.5 Å². The fourth-order valence-electron chi connectivity index (χ4n) is 1.18. The van der Waals surface area contributed by atoms with Crippen LogP contribution in [0.1, 0.15) is 18.7 Å². The van der Waals surface area contributed by atoms with Gasteiger partial charge < -0.3 is 0 Å². The highest BCUT2D eigenvalue weighted by molar-refractivity contribution is 7.85. The normalized spacial score (nSPS) is 13.6.